The Morgan fingerprint density at radius 2 is 1.87 bits per heavy atom. The van der Waals surface area contributed by atoms with Crippen molar-refractivity contribution in [2.45, 2.75) is 20.0 Å². The second kappa shape index (κ2) is 5.49. The van der Waals surface area contributed by atoms with Gasteiger partial charge in [-0.05, 0) is 24.1 Å². The number of rotatable bonds is 5. The molecule has 0 aliphatic carbocycles. The minimum absolute atomic E-state index is 0.0561. The van der Waals surface area contributed by atoms with Crippen LogP contribution in [-0.4, -0.2) is 14.2 Å². The molecule has 0 aliphatic heterocycles. The molecule has 15 heavy (non-hydrogen) atoms. The normalized spacial score (nSPS) is 11.6. The van der Waals surface area contributed by atoms with E-state index < -0.39 is 10.1 Å². The highest BCUT2D eigenvalue weighted by Crippen LogP contribution is 2.11. The van der Waals surface area contributed by atoms with Crippen LogP contribution in [0, 0.1) is 0 Å². The van der Waals surface area contributed by atoms with E-state index in [-0.39, 0.29) is 12.4 Å². The largest absolute Gasteiger partial charge is 0.267 e. The molecule has 1 aromatic carbocycles. The highest BCUT2D eigenvalue weighted by atomic mass is 35.5. The Labute approximate surface area is 95.1 Å². The van der Waals surface area contributed by atoms with Crippen LogP contribution in [0.3, 0.4) is 0 Å². The van der Waals surface area contributed by atoms with Gasteiger partial charge in [0, 0.05) is 5.02 Å². The first kappa shape index (κ1) is 12.5. The molecule has 0 saturated carbocycles. The molecule has 0 aliphatic rings. The number of benzene rings is 1. The summed E-state index contributed by atoms with van der Waals surface area (Å²) in [5, 5.41) is 0.621. The molecule has 1 aromatic rings. The minimum Gasteiger partial charge on any atom is -0.265 e. The van der Waals surface area contributed by atoms with Gasteiger partial charge in [-0.15, -0.1) is 0 Å². The van der Waals surface area contributed by atoms with Crippen LogP contribution in [0.4, 0.5) is 0 Å². The van der Waals surface area contributed by atoms with Gasteiger partial charge in [-0.1, -0.05) is 30.7 Å². The molecule has 1 rings (SSSR count). The molecule has 0 fully saturated rings. The monoisotopic (exact) mass is 248 g/mol. The van der Waals surface area contributed by atoms with E-state index in [1.165, 1.54) is 0 Å². The first-order chi connectivity index (χ1) is 7.03. The Bertz CT molecular complexity index is 397. The van der Waals surface area contributed by atoms with Crippen LogP contribution < -0.4 is 0 Å². The number of halogens is 1. The van der Waals surface area contributed by atoms with Crippen molar-refractivity contribution >= 4 is 21.7 Å². The zero-order valence-electron chi connectivity index (χ0n) is 8.44. The maximum absolute atomic E-state index is 11.2. The van der Waals surface area contributed by atoms with E-state index in [0.717, 1.165) is 5.56 Å². The first-order valence-corrected chi connectivity index (χ1v) is 6.60. The topological polar surface area (TPSA) is 43.4 Å². The van der Waals surface area contributed by atoms with E-state index in [0.29, 0.717) is 11.4 Å². The lowest BCUT2D eigenvalue weighted by Crippen LogP contribution is -2.09. The molecule has 0 saturated heterocycles. The molecule has 0 amide bonds. The van der Waals surface area contributed by atoms with E-state index in [4.69, 9.17) is 15.8 Å². The van der Waals surface area contributed by atoms with Gasteiger partial charge >= 0.3 is 0 Å². The molecule has 3 nitrogen and oxygen atoms in total. The second-order valence-corrected chi connectivity index (χ2v) is 5.35. The predicted octanol–water partition coefficient (Wildman–Crippen LogP) is 2.60. The Balaban J connectivity index is 2.54. The maximum Gasteiger partial charge on any atom is 0.267 e. The van der Waals surface area contributed by atoms with Gasteiger partial charge < -0.3 is 0 Å². The summed E-state index contributed by atoms with van der Waals surface area (Å²) in [4.78, 5) is 0. The zero-order valence-corrected chi connectivity index (χ0v) is 10.0. The Kier molecular flexibility index (Phi) is 4.57. The molecule has 0 atom stereocenters. The number of hydrogen-bond donors (Lipinski definition) is 0. The Morgan fingerprint density at radius 1 is 1.27 bits per heavy atom. The summed E-state index contributed by atoms with van der Waals surface area (Å²) in [7, 11) is -3.37. The fraction of sp³-hybridized carbons (Fsp3) is 0.400. The second-order valence-electron chi connectivity index (χ2n) is 3.15. The lowest BCUT2D eigenvalue weighted by Gasteiger charge is -2.04. The summed E-state index contributed by atoms with van der Waals surface area (Å²) < 4.78 is 27.3. The lowest BCUT2D eigenvalue weighted by atomic mass is 10.2. The third-order valence-corrected chi connectivity index (χ3v) is 3.41. The highest BCUT2D eigenvalue weighted by Gasteiger charge is 2.09. The zero-order chi connectivity index (χ0) is 11.3. The summed E-state index contributed by atoms with van der Waals surface area (Å²) in [6, 6.07) is 6.88. The van der Waals surface area contributed by atoms with Crippen molar-refractivity contribution in [1.82, 2.24) is 0 Å². The van der Waals surface area contributed by atoms with Crippen molar-refractivity contribution in [3.63, 3.8) is 0 Å². The van der Waals surface area contributed by atoms with Crippen LogP contribution in [0.15, 0.2) is 24.3 Å². The summed E-state index contributed by atoms with van der Waals surface area (Å²) in [6.45, 7) is 1.86. The average Bonchev–Trinajstić information content (AvgIpc) is 2.17. The molecule has 0 bridgehead atoms. The van der Waals surface area contributed by atoms with Crippen molar-refractivity contribution in [3.8, 4) is 0 Å². The minimum atomic E-state index is -3.37. The van der Waals surface area contributed by atoms with E-state index in [1.807, 2.05) is 0 Å². The smallest absolute Gasteiger partial charge is 0.265 e. The summed E-state index contributed by atoms with van der Waals surface area (Å²) in [5.74, 6) is 0.0561. The average molecular weight is 249 g/mol. The van der Waals surface area contributed by atoms with Crippen LogP contribution >= 0.6 is 11.6 Å². The fourth-order valence-corrected chi connectivity index (χ4v) is 2.11. The van der Waals surface area contributed by atoms with E-state index in [2.05, 4.69) is 0 Å². The molecule has 0 N–H and O–H groups in total. The summed E-state index contributed by atoms with van der Waals surface area (Å²) >= 11 is 5.69. The molecule has 5 heteroatoms. The van der Waals surface area contributed by atoms with E-state index in [1.54, 1.807) is 31.2 Å². The van der Waals surface area contributed by atoms with Crippen LogP contribution in [0.1, 0.15) is 18.9 Å². The first-order valence-electron chi connectivity index (χ1n) is 4.65. The SMILES string of the molecule is CCCS(=O)(=O)OCc1ccc(Cl)cc1. The molecule has 0 radical (unpaired) electrons. The summed E-state index contributed by atoms with van der Waals surface area (Å²) in [5.41, 5.74) is 0.791. The van der Waals surface area contributed by atoms with Crippen LogP contribution in [0.2, 0.25) is 5.02 Å². The highest BCUT2D eigenvalue weighted by molar-refractivity contribution is 7.86. The van der Waals surface area contributed by atoms with Crippen molar-refractivity contribution in [1.29, 1.82) is 0 Å². The van der Waals surface area contributed by atoms with Gasteiger partial charge in [0.05, 0.1) is 12.4 Å². The predicted molar refractivity (Wildman–Crippen MR) is 60.3 cm³/mol. The van der Waals surface area contributed by atoms with E-state index >= 15 is 0 Å². The van der Waals surface area contributed by atoms with Gasteiger partial charge in [0.1, 0.15) is 0 Å². The van der Waals surface area contributed by atoms with E-state index in [9.17, 15) is 8.42 Å². The van der Waals surface area contributed by atoms with Crippen molar-refractivity contribution in [2.75, 3.05) is 5.75 Å². The lowest BCUT2D eigenvalue weighted by molar-refractivity contribution is 0.308. The van der Waals surface area contributed by atoms with Crippen molar-refractivity contribution in [3.05, 3.63) is 34.9 Å². The molecule has 0 aromatic heterocycles. The van der Waals surface area contributed by atoms with Crippen LogP contribution in [0.25, 0.3) is 0 Å². The molecule has 0 spiro atoms. The third-order valence-electron chi connectivity index (χ3n) is 1.77. The Morgan fingerprint density at radius 3 is 2.40 bits per heavy atom. The van der Waals surface area contributed by atoms with Gasteiger partial charge in [0.25, 0.3) is 10.1 Å². The van der Waals surface area contributed by atoms with Gasteiger partial charge in [0.15, 0.2) is 0 Å². The van der Waals surface area contributed by atoms with Crippen LogP contribution in [-0.2, 0) is 20.9 Å². The molecule has 0 unspecified atom stereocenters. The Hall–Kier alpha value is -0.580. The molecular formula is C10H13ClO3S. The van der Waals surface area contributed by atoms with Crippen LogP contribution in [0.5, 0.6) is 0 Å². The third kappa shape index (κ3) is 4.64. The number of hydrogen-bond acceptors (Lipinski definition) is 3. The summed E-state index contributed by atoms with van der Waals surface area (Å²) in [6.07, 6.45) is 0.558. The fourth-order valence-electron chi connectivity index (χ4n) is 1.05. The standard InChI is InChI=1S/C10H13ClO3S/c1-2-7-15(12,13)14-8-9-3-5-10(11)6-4-9/h3-6H,2,7-8H2,1H3. The molecule has 0 heterocycles. The van der Waals surface area contributed by atoms with Gasteiger partial charge in [-0.2, -0.15) is 8.42 Å². The van der Waals surface area contributed by atoms with Crippen molar-refractivity contribution in [2.24, 2.45) is 0 Å². The quantitative estimate of drug-likeness (QED) is 0.753. The molecular weight excluding hydrogens is 236 g/mol. The molecule has 84 valence electrons. The van der Waals surface area contributed by atoms with Crippen molar-refractivity contribution < 1.29 is 12.6 Å². The van der Waals surface area contributed by atoms with Gasteiger partial charge in [0.2, 0.25) is 0 Å². The van der Waals surface area contributed by atoms with Gasteiger partial charge in [-0.25, -0.2) is 0 Å². The maximum atomic E-state index is 11.2. The van der Waals surface area contributed by atoms with Gasteiger partial charge in [-0.3, -0.25) is 4.18 Å².